The fourth-order valence-electron chi connectivity index (χ4n) is 5.50. The number of carbonyl (C=O) groups is 1. The highest BCUT2D eigenvalue weighted by molar-refractivity contribution is 7.13. The van der Waals surface area contributed by atoms with Gasteiger partial charge in [-0.05, 0) is 60.4 Å². The number of rotatable bonds is 5. The number of aromatic nitrogens is 2. The van der Waals surface area contributed by atoms with Crippen LogP contribution in [0.1, 0.15) is 66.6 Å². The number of carbonyl (C=O) groups excluding carboxylic acids is 1. The molecule has 4 N–H and O–H groups in total. The Morgan fingerprint density at radius 1 is 1.22 bits per heavy atom. The molecule has 2 aromatic heterocycles. The first kappa shape index (κ1) is 25.8. The number of hydrogen-bond donors (Lipinski definition) is 3. The van der Waals surface area contributed by atoms with Crippen molar-refractivity contribution < 1.29 is 23.4 Å². The molecule has 1 aliphatic carbocycles. The molecule has 2 fully saturated rings. The number of anilines is 1. The number of aliphatic hydroxyl groups is 1. The van der Waals surface area contributed by atoms with Gasteiger partial charge in [-0.25, -0.2) is 13.8 Å². The maximum Gasteiger partial charge on any atom is 0.275 e. The smallest absolute Gasteiger partial charge is 0.275 e. The fraction of sp³-hybridized carbons (Fsp3) is 0.444. The summed E-state index contributed by atoms with van der Waals surface area (Å²) in [6, 6.07) is 4.29. The van der Waals surface area contributed by atoms with Gasteiger partial charge in [-0.2, -0.15) is 0 Å². The van der Waals surface area contributed by atoms with Crippen LogP contribution in [0.2, 0.25) is 0 Å². The van der Waals surface area contributed by atoms with Crippen LogP contribution in [0.5, 0.6) is 0 Å². The van der Waals surface area contributed by atoms with Crippen LogP contribution in [-0.4, -0.2) is 40.2 Å². The first-order chi connectivity index (χ1) is 17.7. The van der Waals surface area contributed by atoms with Crippen molar-refractivity contribution in [2.24, 2.45) is 11.7 Å². The average molecular weight is 529 g/mol. The van der Waals surface area contributed by atoms with Gasteiger partial charge in [0.1, 0.15) is 22.3 Å². The van der Waals surface area contributed by atoms with Gasteiger partial charge < -0.3 is 20.9 Å². The van der Waals surface area contributed by atoms with E-state index in [4.69, 9.17) is 10.5 Å². The first-order valence-corrected chi connectivity index (χ1v) is 13.4. The minimum Gasteiger partial charge on any atom is -0.385 e. The van der Waals surface area contributed by atoms with Crippen molar-refractivity contribution in [1.29, 1.82) is 0 Å². The number of amides is 1. The average Bonchev–Trinajstić information content (AvgIpc) is 3.34. The molecule has 1 amide bonds. The predicted octanol–water partition coefficient (Wildman–Crippen LogP) is 4.96. The molecule has 3 atom stereocenters. The zero-order valence-corrected chi connectivity index (χ0v) is 21.4. The Morgan fingerprint density at radius 3 is 2.65 bits per heavy atom. The lowest BCUT2D eigenvalue weighted by Crippen LogP contribution is -2.33. The Hall–Kier alpha value is -2.79. The lowest BCUT2D eigenvalue weighted by molar-refractivity contribution is -0.0682. The zero-order valence-electron chi connectivity index (χ0n) is 20.5. The number of nitrogens with two attached hydrogens (primary N) is 1. The van der Waals surface area contributed by atoms with Crippen molar-refractivity contribution in [3.05, 3.63) is 64.4 Å². The summed E-state index contributed by atoms with van der Waals surface area (Å²) in [5, 5.41) is 15.2. The normalized spacial score (nSPS) is 23.5. The van der Waals surface area contributed by atoms with Crippen LogP contribution in [0.4, 0.5) is 14.5 Å². The second-order valence-corrected chi connectivity index (χ2v) is 11.0. The molecule has 37 heavy (non-hydrogen) atoms. The Kier molecular flexibility index (Phi) is 7.35. The Morgan fingerprint density at radius 2 is 1.95 bits per heavy atom. The van der Waals surface area contributed by atoms with E-state index < -0.39 is 23.1 Å². The molecule has 0 bridgehead atoms. The molecule has 1 aromatic carbocycles. The van der Waals surface area contributed by atoms with Gasteiger partial charge in [0, 0.05) is 43.7 Å². The van der Waals surface area contributed by atoms with Crippen molar-refractivity contribution in [3.8, 4) is 10.6 Å². The number of thiazole rings is 1. The summed E-state index contributed by atoms with van der Waals surface area (Å²) in [6.07, 6.45) is 6.59. The summed E-state index contributed by atoms with van der Waals surface area (Å²) < 4.78 is 35.4. The number of halogens is 2. The van der Waals surface area contributed by atoms with E-state index in [1.165, 1.54) is 5.38 Å². The van der Waals surface area contributed by atoms with E-state index in [0.29, 0.717) is 24.8 Å². The van der Waals surface area contributed by atoms with Crippen molar-refractivity contribution in [1.82, 2.24) is 9.97 Å². The Labute approximate surface area is 218 Å². The summed E-state index contributed by atoms with van der Waals surface area (Å²) in [5.41, 5.74) is 6.36. The standard InChI is InChI=1S/C27H30F2N4O3S/c1-15-8-16(10-18(30)9-15)19-2-5-31-13-22(19)32-25(34)23-14-37-26(33-23)24-20(28)11-17(12-21(24)29)27(35)3-6-36-7-4-27/h2,5,11-16,18,35H,3-4,6-10,30H2,1H3,(H,32,34). The monoisotopic (exact) mass is 528 g/mol. The van der Waals surface area contributed by atoms with E-state index in [0.717, 1.165) is 48.3 Å². The fourth-order valence-corrected chi connectivity index (χ4v) is 6.35. The van der Waals surface area contributed by atoms with Crippen molar-refractivity contribution >= 4 is 22.9 Å². The molecule has 3 heterocycles. The van der Waals surface area contributed by atoms with E-state index >= 15 is 8.78 Å². The second-order valence-electron chi connectivity index (χ2n) is 10.2. The summed E-state index contributed by atoms with van der Waals surface area (Å²) in [7, 11) is 0. The number of pyridine rings is 1. The van der Waals surface area contributed by atoms with Crippen LogP contribution in [0, 0.1) is 17.6 Å². The highest BCUT2D eigenvalue weighted by atomic mass is 32.1. The van der Waals surface area contributed by atoms with E-state index in [1.54, 1.807) is 12.4 Å². The highest BCUT2D eigenvalue weighted by Gasteiger charge is 2.34. The van der Waals surface area contributed by atoms with Gasteiger partial charge in [0.25, 0.3) is 5.91 Å². The van der Waals surface area contributed by atoms with E-state index in [9.17, 15) is 9.90 Å². The second kappa shape index (κ2) is 10.5. The van der Waals surface area contributed by atoms with Crippen molar-refractivity contribution in [2.75, 3.05) is 18.5 Å². The molecule has 3 unspecified atom stereocenters. The number of hydrogen-bond acceptors (Lipinski definition) is 7. The summed E-state index contributed by atoms with van der Waals surface area (Å²) in [6.45, 7) is 2.81. The van der Waals surface area contributed by atoms with Crippen LogP contribution in [0.15, 0.2) is 36.0 Å². The molecule has 2 aliphatic rings. The molecular formula is C27H30F2N4O3S. The molecule has 7 nitrogen and oxygen atoms in total. The maximum atomic E-state index is 15.1. The third-order valence-corrected chi connectivity index (χ3v) is 8.23. The lowest BCUT2D eigenvalue weighted by Gasteiger charge is -2.32. The first-order valence-electron chi connectivity index (χ1n) is 12.5. The summed E-state index contributed by atoms with van der Waals surface area (Å²) in [5.74, 6) is -1.48. The Balaban J connectivity index is 1.36. The molecule has 5 rings (SSSR count). The molecule has 0 spiro atoms. The maximum absolute atomic E-state index is 15.1. The van der Waals surface area contributed by atoms with Gasteiger partial charge in [-0.1, -0.05) is 6.92 Å². The van der Waals surface area contributed by atoms with Gasteiger partial charge >= 0.3 is 0 Å². The number of ether oxygens (including phenoxy) is 1. The number of benzene rings is 1. The van der Waals surface area contributed by atoms with Crippen LogP contribution in [-0.2, 0) is 10.3 Å². The largest absolute Gasteiger partial charge is 0.385 e. The van der Waals surface area contributed by atoms with E-state index in [1.807, 2.05) is 6.07 Å². The number of nitrogens with zero attached hydrogens (tertiary/aromatic N) is 2. The third kappa shape index (κ3) is 5.43. The molecule has 1 saturated heterocycles. The Bertz CT molecular complexity index is 1260. The molecule has 1 aliphatic heterocycles. The summed E-state index contributed by atoms with van der Waals surface area (Å²) >= 11 is 0.977. The van der Waals surface area contributed by atoms with Crippen LogP contribution in [0.25, 0.3) is 10.6 Å². The molecule has 196 valence electrons. The predicted molar refractivity (Wildman–Crippen MR) is 137 cm³/mol. The molecular weight excluding hydrogens is 498 g/mol. The van der Waals surface area contributed by atoms with Crippen LogP contribution >= 0.6 is 11.3 Å². The lowest BCUT2D eigenvalue weighted by atomic mass is 9.76. The van der Waals surface area contributed by atoms with E-state index in [-0.39, 0.29) is 46.6 Å². The minimum absolute atomic E-state index is 0.0455. The SMILES string of the molecule is CC1CC(N)CC(c2ccncc2NC(=O)c2csc(-c3c(F)cc(C4(O)CCOCC4)cc3F)n2)C1. The zero-order chi connectivity index (χ0) is 26.2. The van der Waals surface area contributed by atoms with Gasteiger partial charge in [0.2, 0.25) is 0 Å². The van der Waals surface area contributed by atoms with Crippen molar-refractivity contribution in [3.63, 3.8) is 0 Å². The topological polar surface area (TPSA) is 110 Å². The van der Waals surface area contributed by atoms with Gasteiger partial charge in [-0.3, -0.25) is 9.78 Å². The van der Waals surface area contributed by atoms with Gasteiger partial charge in [0.05, 0.1) is 23.0 Å². The number of nitrogens with one attached hydrogen (secondary N) is 1. The highest BCUT2D eigenvalue weighted by Crippen LogP contribution is 2.39. The molecule has 3 aromatic rings. The van der Waals surface area contributed by atoms with Gasteiger partial charge in [0.15, 0.2) is 0 Å². The minimum atomic E-state index is -1.34. The van der Waals surface area contributed by atoms with Crippen LogP contribution < -0.4 is 11.1 Å². The van der Waals surface area contributed by atoms with Gasteiger partial charge in [-0.15, -0.1) is 11.3 Å². The third-order valence-electron chi connectivity index (χ3n) is 7.37. The summed E-state index contributed by atoms with van der Waals surface area (Å²) in [4.78, 5) is 21.4. The van der Waals surface area contributed by atoms with Crippen molar-refractivity contribution in [2.45, 2.75) is 56.6 Å². The molecule has 10 heteroatoms. The van der Waals surface area contributed by atoms with Crippen LogP contribution in [0.3, 0.4) is 0 Å². The quantitative estimate of drug-likeness (QED) is 0.432. The molecule has 0 radical (unpaired) electrons. The van der Waals surface area contributed by atoms with E-state index in [2.05, 4.69) is 22.2 Å². The molecule has 1 saturated carbocycles.